The SMILES string of the molecule is CC.CC(=O)C1(C)C/C=C/C(OC(N)=O)CCC1. The second-order valence-corrected chi connectivity index (χ2v) is 4.62. The molecule has 1 aliphatic rings. The quantitative estimate of drug-likeness (QED) is 0.770. The average Bonchev–Trinajstić information content (AvgIpc) is 2.28. The standard InChI is InChI=1S/C12H19NO3.C2H6/c1-9(14)12(2)7-3-5-10(6-4-8-12)16-11(13)15;1-2/h3,5,10H,4,6-8H2,1-2H3,(H2,13,15);1-2H3/b5-3+;. The summed E-state index contributed by atoms with van der Waals surface area (Å²) in [7, 11) is 0. The van der Waals surface area contributed by atoms with E-state index in [1.807, 2.05) is 32.9 Å². The second-order valence-electron chi connectivity index (χ2n) is 4.62. The molecule has 1 aliphatic carbocycles. The van der Waals surface area contributed by atoms with E-state index in [-0.39, 0.29) is 17.3 Å². The Morgan fingerprint density at radius 3 is 2.50 bits per heavy atom. The molecule has 0 fully saturated rings. The first kappa shape index (κ1) is 16.7. The molecule has 4 heteroatoms. The van der Waals surface area contributed by atoms with E-state index < -0.39 is 6.09 Å². The Balaban J connectivity index is 0.00000137. The van der Waals surface area contributed by atoms with Crippen LogP contribution in [0, 0.1) is 5.41 Å². The number of ketones is 1. The largest absolute Gasteiger partial charge is 0.442 e. The van der Waals surface area contributed by atoms with Gasteiger partial charge in [0, 0.05) is 5.41 Å². The third-order valence-corrected chi connectivity index (χ3v) is 3.25. The third kappa shape index (κ3) is 5.34. The predicted octanol–water partition coefficient (Wildman–Crippen LogP) is 3.20. The van der Waals surface area contributed by atoms with Gasteiger partial charge in [0.2, 0.25) is 0 Å². The summed E-state index contributed by atoms with van der Waals surface area (Å²) in [5.41, 5.74) is 4.70. The van der Waals surface area contributed by atoms with Gasteiger partial charge in [0.05, 0.1) is 0 Å². The number of rotatable bonds is 2. The molecule has 104 valence electrons. The van der Waals surface area contributed by atoms with Gasteiger partial charge >= 0.3 is 6.09 Å². The van der Waals surface area contributed by atoms with Crippen molar-refractivity contribution in [3.63, 3.8) is 0 Å². The van der Waals surface area contributed by atoms with Gasteiger partial charge in [-0.1, -0.05) is 26.8 Å². The highest BCUT2D eigenvalue weighted by Gasteiger charge is 2.29. The molecule has 18 heavy (non-hydrogen) atoms. The lowest BCUT2D eigenvalue weighted by molar-refractivity contribution is -0.126. The Morgan fingerprint density at radius 1 is 1.39 bits per heavy atom. The van der Waals surface area contributed by atoms with Crippen LogP contribution in [0.5, 0.6) is 0 Å². The number of hydrogen-bond donors (Lipinski definition) is 1. The van der Waals surface area contributed by atoms with Crippen LogP contribution in [0.25, 0.3) is 0 Å². The summed E-state index contributed by atoms with van der Waals surface area (Å²) in [5.74, 6) is 0.214. The highest BCUT2D eigenvalue weighted by molar-refractivity contribution is 5.82. The van der Waals surface area contributed by atoms with Crippen molar-refractivity contribution in [2.24, 2.45) is 11.1 Å². The number of hydrogen-bond acceptors (Lipinski definition) is 3. The van der Waals surface area contributed by atoms with E-state index in [2.05, 4.69) is 0 Å². The van der Waals surface area contributed by atoms with Crippen molar-refractivity contribution in [3.8, 4) is 0 Å². The molecule has 1 rings (SSSR count). The maximum absolute atomic E-state index is 11.5. The van der Waals surface area contributed by atoms with Crippen LogP contribution >= 0.6 is 0 Å². The number of primary amides is 1. The van der Waals surface area contributed by atoms with Gasteiger partial charge in [0.15, 0.2) is 0 Å². The molecule has 1 amide bonds. The van der Waals surface area contributed by atoms with Gasteiger partial charge in [-0.05, 0) is 38.7 Å². The van der Waals surface area contributed by atoms with E-state index in [1.165, 1.54) is 0 Å². The Hall–Kier alpha value is -1.32. The fourth-order valence-electron chi connectivity index (χ4n) is 1.94. The highest BCUT2D eigenvalue weighted by Crippen LogP contribution is 2.32. The molecule has 0 bridgehead atoms. The van der Waals surface area contributed by atoms with Gasteiger partial charge < -0.3 is 10.5 Å². The Morgan fingerprint density at radius 2 is 2.00 bits per heavy atom. The van der Waals surface area contributed by atoms with Crippen LogP contribution in [-0.2, 0) is 9.53 Å². The van der Waals surface area contributed by atoms with E-state index in [0.717, 1.165) is 19.3 Å². The van der Waals surface area contributed by atoms with Crippen LogP contribution in [0.1, 0.15) is 53.4 Å². The molecule has 0 aromatic rings. The second kappa shape index (κ2) is 7.90. The Labute approximate surface area is 110 Å². The number of amides is 1. The molecular weight excluding hydrogens is 230 g/mol. The fourth-order valence-corrected chi connectivity index (χ4v) is 1.94. The van der Waals surface area contributed by atoms with Crippen molar-refractivity contribution in [2.45, 2.75) is 59.5 Å². The molecular formula is C14H25NO3. The summed E-state index contributed by atoms with van der Waals surface area (Å²) >= 11 is 0. The minimum absolute atomic E-state index is 0.214. The van der Waals surface area contributed by atoms with Gasteiger partial charge in [-0.3, -0.25) is 4.79 Å². The number of carbonyl (C=O) groups is 2. The summed E-state index contributed by atoms with van der Waals surface area (Å²) in [6.07, 6.45) is 5.85. The van der Waals surface area contributed by atoms with Crippen molar-refractivity contribution in [3.05, 3.63) is 12.2 Å². The number of carbonyl (C=O) groups excluding carboxylic acids is 2. The van der Waals surface area contributed by atoms with Crippen molar-refractivity contribution in [1.29, 1.82) is 0 Å². The number of ether oxygens (including phenoxy) is 1. The maximum Gasteiger partial charge on any atom is 0.405 e. The zero-order chi connectivity index (χ0) is 14.2. The molecule has 2 N–H and O–H groups in total. The maximum atomic E-state index is 11.5. The Bertz CT molecular complexity index is 312. The first-order valence-electron chi connectivity index (χ1n) is 6.58. The third-order valence-electron chi connectivity index (χ3n) is 3.25. The van der Waals surface area contributed by atoms with E-state index in [4.69, 9.17) is 10.5 Å². The normalized spacial score (nSPS) is 29.0. The first-order valence-corrected chi connectivity index (χ1v) is 6.58. The molecule has 0 radical (unpaired) electrons. The molecule has 0 spiro atoms. The van der Waals surface area contributed by atoms with Crippen LogP contribution in [0.4, 0.5) is 4.79 Å². The van der Waals surface area contributed by atoms with E-state index in [0.29, 0.717) is 6.42 Å². The van der Waals surface area contributed by atoms with E-state index >= 15 is 0 Å². The predicted molar refractivity (Wildman–Crippen MR) is 72.2 cm³/mol. The topological polar surface area (TPSA) is 69.4 Å². The van der Waals surface area contributed by atoms with Gasteiger partial charge in [0.25, 0.3) is 0 Å². The van der Waals surface area contributed by atoms with Crippen LogP contribution in [-0.4, -0.2) is 18.0 Å². The summed E-state index contributed by atoms with van der Waals surface area (Å²) in [5, 5.41) is 0. The van der Waals surface area contributed by atoms with E-state index in [1.54, 1.807) is 6.92 Å². The monoisotopic (exact) mass is 255 g/mol. The van der Waals surface area contributed by atoms with E-state index in [9.17, 15) is 9.59 Å². The summed E-state index contributed by atoms with van der Waals surface area (Å²) in [6.45, 7) is 7.61. The molecule has 0 aromatic carbocycles. The lowest BCUT2D eigenvalue weighted by atomic mass is 9.77. The lowest BCUT2D eigenvalue weighted by Crippen LogP contribution is -2.28. The molecule has 0 heterocycles. The molecule has 2 unspecified atom stereocenters. The number of nitrogens with two attached hydrogens (primary N) is 1. The molecule has 0 aliphatic heterocycles. The summed E-state index contributed by atoms with van der Waals surface area (Å²) in [4.78, 5) is 22.1. The smallest absolute Gasteiger partial charge is 0.405 e. The molecule has 0 saturated carbocycles. The molecule has 2 atom stereocenters. The fraction of sp³-hybridized carbons (Fsp3) is 0.714. The van der Waals surface area contributed by atoms with Crippen molar-refractivity contribution in [1.82, 2.24) is 0 Å². The van der Waals surface area contributed by atoms with Crippen molar-refractivity contribution >= 4 is 11.9 Å². The van der Waals surface area contributed by atoms with Crippen LogP contribution < -0.4 is 5.73 Å². The zero-order valence-corrected chi connectivity index (χ0v) is 11.9. The highest BCUT2D eigenvalue weighted by atomic mass is 16.6. The first-order chi connectivity index (χ1) is 8.44. The van der Waals surface area contributed by atoms with Gasteiger partial charge in [0.1, 0.15) is 11.9 Å². The number of allylic oxidation sites excluding steroid dienone is 1. The summed E-state index contributed by atoms with van der Waals surface area (Å²) in [6, 6.07) is 0. The van der Waals surface area contributed by atoms with Gasteiger partial charge in [-0.15, -0.1) is 0 Å². The van der Waals surface area contributed by atoms with Gasteiger partial charge in [-0.2, -0.15) is 0 Å². The van der Waals surface area contributed by atoms with Gasteiger partial charge in [-0.25, -0.2) is 4.79 Å². The van der Waals surface area contributed by atoms with Crippen LogP contribution in [0.2, 0.25) is 0 Å². The van der Waals surface area contributed by atoms with Crippen molar-refractivity contribution in [2.75, 3.05) is 0 Å². The lowest BCUT2D eigenvalue weighted by Gasteiger charge is -2.28. The molecule has 4 nitrogen and oxygen atoms in total. The average molecular weight is 255 g/mol. The Kier molecular flexibility index (Phi) is 7.32. The van der Waals surface area contributed by atoms with Crippen LogP contribution in [0.3, 0.4) is 0 Å². The van der Waals surface area contributed by atoms with Crippen LogP contribution in [0.15, 0.2) is 12.2 Å². The van der Waals surface area contributed by atoms with Crippen molar-refractivity contribution < 1.29 is 14.3 Å². The minimum atomic E-state index is -0.746. The molecule has 0 aromatic heterocycles. The zero-order valence-electron chi connectivity index (χ0n) is 11.9. The molecule has 0 saturated heterocycles. The minimum Gasteiger partial charge on any atom is -0.442 e. The number of Topliss-reactive ketones (excluding diaryl/α,β-unsaturated/α-hetero) is 1. The summed E-state index contributed by atoms with van der Waals surface area (Å²) < 4.78 is 4.92.